The van der Waals surface area contributed by atoms with Crippen LogP contribution in [0, 0.1) is 0 Å². The van der Waals surface area contributed by atoms with E-state index < -0.39 is 23.6 Å². The number of thiazole rings is 1. The smallest absolute Gasteiger partial charge is 0.496 e. The summed E-state index contributed by atoms with van der Waals surface area (Å²) in [6.07, 6.45) is -0.811. The number of anilines is 2. The van der Waals surface area contributed by atoms with Crippen molar-refractivity contribution in [3.63, 3.8) is 0 Å². The van der Waals surface area contributed by atoms with Gasteiger partial charge in [-0.05, 0) is 43.9 Å². The highest BCUT2D eigenvalue weighted by atomic mass is 32.1. The first kappa shape index (κ1) is 25.9. The number of nitrogens with one attached hydrogen (secondary N) is 3. The third-order valence-corrected chi connectivity index (χ3v) is 10.2. The summed E-state index contributed by atoms with van der Waals surface area (Å²) < 4.78 is 48.8. The second kappa shape index (κ2) is 8.64. The van der Waals surface area contributed by atoms with Gasteiger partial charge in [-0.2, -0.15) is 0 Å². The van der Waals surface area contributed by atoms with Crippen LogP contribution in [0.2, 0.25) is 0 Å². The molecule has 9 rings (SSSR count). The van der Waals surface area contributed by atoms with Crippen molar-refractivity contribution >= 4 is 44.2 Å². The molecular formula is C28H27F2N5O6S. The van der Waals surface area contributed by atoms with E-state index in [1.54, 1.807) is 19.2 Å². The van der Waals surface area contributed by atoms with Crippen molar-refractivity contribution in [3.8, 4) is 17.2 Å². The Morgan fingerprint density at radius 3 is 2.48 bits per heavy atom. The summed E-state index contributed by atoms with van der Waals surface area (Å²) in [7, 11) is 3.10. The van der Waals surface area contributed by atoms with Crippen molar-refractivity contribution in [2.24, 2.45) is 0 Å². The zero-order valence-corrected chi connectivity index (χ0v) is 23.5. The Kier molecular flexibility index (Phi) is 5.33. The topological polar surface area (TPSA) is 123 Å². The Labute approximate surface area is 242 Å². The Bertz CT molecular complexity index is 1650. The van der Waals surface area contributed by atoms with Gasteiger partial charge in [0.25, 0.3) is 11.8 Å². The predicted octanol–water partition coefficient (Wildman–Crippen LogP) is 3.48. The molecule has 0 radical (unpaired) electrons. The number of methoxy groups -OCH3 is 2. The largest absolute Gasteiger partial charge is 0.586 e. The van der Waals surface area contributed by atoms with E-state index in [4.69, 9.17) is 14.5 Å². The molecule has 14 heteroatoms. The highest BCUT2D eigenvalue weighted by molar-refractivity contribution is 7.22. The SMILES string of the molecule is COc1ccc2nc(N3C4CNCC3C4)sc2c1C(=O)Nc1cc2c(cc1C(=O)NC13CC(OC)(C1)C3)OC(F)(F)O2. The summed E-state index contributed by atoms with van der Waals surface area (Å²) in [5, 5.41) is 10.00. The van der Waals surface area contributed by atoms with E-state index in [0.717, 1.165) is 30.7 Å². The molecule has 4 bridgehead atoms. The zero-order chi connectivity index (χ0) is 29.0. The number of carbonyl (C=O) groups excluding carboxylic acids is 2. The van der Waals surface area contributed by atoms with Crippen LogP contribution in [0.25, 0.3) is 10.2 Å². The molecule has 3 aromatic rings. The maximum Gasteiger partial charge on any atom is 0.586 e. The molecule has 220 valence electrons. The number of aromatic nitrogens is 1. The number of amides is 2. The van der Waals surface area contributed by atoms with Crippen LogP contribution in [0.1, 0.15) is 46.4 Å². The van der Waals surface area contributed by atoms with Crippen LogP contribution in [-0.2, 0) is 4.74 Å². The van der Waals surface area contributed by atoms with Gasteiger partial charge < -0.3 is 39.8 Å². The van der Waals surface area contributed by atoms with E-state index in [-0.39, 0.29) is 33.9 Å². The average Bonchev–Trinajstić information content (AvgIpc) is 3.46. The molecule has 3 N–H and O–H groups in total. The number of benzene rings is 2. The van der Waals surface area contributed by atoms with Crippen LogP contribution in [0.15, 0.2) is 24.3 Å². The molecule has 2 unspecified atom stereocenters. The van der Waals surface area contributed by atoms with E-state index in [1.807, 2.05) is 0 Å². The molecule has 2 aromatic carbocycles. The van der Waals surface area contributed by atoms with Crippen molar-refractivity contribution in [3.05, 3.63) is 35.4 Å². The highest BCUT2D eigenvalue weighted by Gasteiger charge is 2.69. The van der Waals surface area contributed by atoms with Crippen LogP contribution < -0.4 is 35.1 Å². The molecule has 3 saturated carbocycles. The fraction of sp³-hybridized carbons (Fsp3) is 0.464. The van der Waals surface area contributed by atoms with Gasteiger partial charge in [0.1, 0.15) is 11.3 Å². The van der Waals surface area contributed by atoms with Crippen LogP contribution in [-0.4, -0.2) is 73.6 Å². The Balaban J connectivity index is 1.13. The van der Waals surface area contributed by atoms with E-state index in [9.17, 15) is 18.4 Å². The fourth-order valence-corrected chi connectivity index (χ4v) is 8.32. The Morgan fingerprint density at radius 1 is 1.10 bits per heavy atom. The molecule has 2 amide bonds. The second-order valence-corrected chi connectivity index (χ2v) is 12.7. The highest BCUT2D eigenvalue weighted by Crippen LogP contribution is 2.62. The summed E-state index contributed by atoms with van der Waals surface area (Å²) in [5.74, 6) is -1.38. The number of carbonyl (C=O) groups is 2. The first-order valence-electron chi connectivity index (χ1n) is 13.7. The van der Waals surface area contributed by atoms with Crippen molar-refractivity contribution in [1.29, 1.82) is 0 Å². The number of rotatable bonds is 7. The van der Waals surface area contributed by atoms with Gasteiger partial charge >= 0.3 is 6.29 Å². The van der Waals surface area contributed by atoms with Crippen LogP contribution in [0.5, 0.6) is 17.2 Å². The number of nitrogens with zero attached hydrogens (tertiary/aromatic N) is 2. The minimum atomic E-state index is -3.89. The molecule has 1 aromatic heterocycles. The third-order valence-electron chi connectivity index (χ3n) is 9.09. The molecule has 6 aliphatic rings. The monoisotopic (exact) mass is 599 g/mol. The first-order chi connectivity index (χ1) is 20.1. The van der Waals surface area contributed by atoms with Gasteiger partial charge in [-0.1, -0.05) is 11.3 Å². The number of piperazine rings is 1. The van der Waals surface area contributed by atoms with Crippen molar-refractivity contribution in [1.82, 2.24) is 15.6 Å². The molecule has 42 heavy (non-hydrogen) atoms. The molecule has 3 aliphatic carbocycles. The predicted molar refractivity (Wildman–Crippen MR) is 148 cm³/mol. The summed E-state index contributed by atoms with van der Waals surface area (Å²) in [4.78, 5) is 34.5. The number of hydrogen-bond acceptors (Lipinski definition) is 10. The van der Waals surface area contributed by atoms with E-state index >= 15 is 0 Å². The number of alkyl halides is 2. The zero-order valence-electron chi connectivity index (χ0n) is 22.7. The number of halogens is 2. The molecular weight excluding hydrogens is 572 g/mol. The summed E-state index contributed by atoms with van der Waals surface area (Å²) >= 11 is 1.40. The molecule has 2 saturated heterocycles. The van der Waals surface area contributed by atoms with Crippen LogP contribution in [0.3, 0.4) is 0 Å². The van der Waals surface area contributed by atoms with Crippen LogP contribution in [0.4, 0.5) is 19.6 Å². The van der Waals surface area contributed by atoms with Gasteiger partial charge in [0.05, 0.1) is 34.2 Å². The summed E-state index contributed by atoms with van der Waals surface area (Å²) in [5.41, 5.74) is 0.202. The normalized spacial score (nSPS) is 29.3. The Hall–Kier alpha value is -3.75. The van der Waals surface area contributed by atoms with Gasteiger partial charge in [-0.25, -0.2) is 4.98 Å². The first-order valence-corrected chi connectivity index (χ1v) is 14.5. The van der Waals surface area contributed by atoms with E-state index in [1.165, 1.54) is 24.5 Å². The molecule has 0 spiro atoms. The van der Waals surface area contributed by atoms with Crippen molar-refractivity contribution < 1.29 is 37.3 Å². The molecule has 2 atom stereocenters. The van der Waals surface area contributed by atoms with Gasteiger partial charge in [0, 0.05) is 43.9 Å². The summed E-state index contributed by atoms with van der Waals surface area (Å²) in [6.45, 7) is 1.76. The lowest BCUT2D eigenvalue weighted by atomic mass is 9.46. The molecule has 11 nitrogen and oxygen atoms in total. The van der Waals surface area contributed by atoms with E-state index in [2.05, 4.69) is 30.3 Å². The van der Waals surface area contributed by atoms with Gasteiger partial charge in [-0.15, -0.1) is 8.78 Å². The number of piperidine rings is 1. The van der Waals surface area contributed by atoms with Crippen molar-refractivity contribution in [2.45, 2.75) is 55.2 Å². The lowest BCUT2D eigenvalue weighted by Crippen LogP contribution is -2.79. The second-order valence-electron chi connectivity index (χ2n) is 11.7. The lowest BCUT2D eigenvalue weighted by molar-refractivity contribution is -0.286. The maximum absolute atomic E-state index is 13.9. The Morgan fingerprint density at radius 2 is 1.81 bits per heavy atom. The fourth-order valence-electron chi connectivity index (χ4n) is 7.08. The number of hydrogen-bond donors (Lipinski definition) is 3. The molecule has 4 heterocycles. The lowest BCUT2D eigenvalue weighted by Gasteiger charge is -2.69. The van der Waals surface area contributed by atoms with Crippen molar-refractivity contribution in [2.75, 3.05) is 37.5 Å². The average molecular weight is 600 g/mol. The van der Waals surface area contributed by atoms with Gasteiger partial charge in [0.2, 0.25) is 0 Å². The molecule has 5 fully saturated rings. The standard InChI is InChI=1S/C28H27F2N5O6S/c1-38-18-4-3-16-22(42-25(33-16)35-13-5-14(35)9-31-8-13)21(18)24(37)32-17-7-20-19(40-28(29,30)41-20)6-15(17)23(36)34-26-10-27(11-26,12-26)39-2/h3-4,6-7,13-14,31H,5,8-12H2,1-2H3,(H,32,37)(H,34,36). The van der Waals surface area contributed by atoms with E-state index in [0.29, 0.717) is 47.3 Å². The van der Waals surface area contributed by atoms with Gasteiger partial charge in [0.15, 0.2) is 16.6 Å². The van der Waals surface area contributed by atoms with Gasteiger partial charge in [-0.3, -0.25) is 9.59 Å². The maximum atomic E-state index is 13.9. The summed E-state index contributed by atoms with van der Waals surface area (Å²) in [6, 6.07) is 6.53. The number of fused-ring (bicyclic) bond motifs is 4. The van der Waals surface area contributed by atoms with Crippen LogP contribution >= 0.6 is 11.3 Å². The minimum Gasteiger partial charge on any atom is -0.496 e. The third kappa shape index (κ3) is 3.77. The number of ether oxygens (including phenoxy) is 4. The quantitative estimate of drug-likeness (QED) is 0.375. The minimum absolute atomic E-state index is 0.00209. The molecule has 3 aliphatic heterocycles.